The Morgan fingerprint density at radius 2 is 1.93 bits per heavy atom. The summed E-state index contributed by atoms with van der Waals surface area (Å²) >= 11 is 0. The van der Waals surface area contributed by atoms with Crippen molar-refractivity contribution in [3.05, 3.63) is 60.2 Å². The highest BCUT2D eigenvalue weighted by atomic mass is 32.2. The number of benzene rings is 2. The molecule has 1 saturated heterocycles. The predicted molar refractivity (Wildman–Crippen MR) is 106 cm³/mol. The van der Waals surface area contributed by atoms with E-state index in [2.05, 4.69) is 5.32 Å². The summed E-state index contributed by atoms with van der Waals surface area (Å²) in [6, 6.07) is 15.4. The van der Waals surface area contributed by atoms with Crippen molar-refractivity contribution in [2.75, 3.05) is 30.5 Å². The molecule has 1 heterocycles. The van der Waals surface area contributed by atoms with Crippen molar-refractivity contribution in [3.8, 4) is 0 Å². The van der Waals surface area contributed by atoms with Gasteiger partial charge in [0.25, 0.3) is 15.9 Å². The fourth-order valence-corrected chi connectivity index (χ4v) is 4.83. The third-order valence-electron chi connectivity index (χ3n) is 4.76. The Hall–Kier alpha value is -2.38. The summed E-state index contributed by atoms with van der Waals surface area (Å²) in [7, 11) is -3.75. The number of nitrogens with one attached hydrogen (secondary N) is 1. The first kappa shape index (κ1) is 19.4. The minimum Gasteiger partial charge on any atom is -0.333 e. The standard InChI is InChI=1S/C20H25N3O3S/c1-3-23(18-9-5-4-6-10-18)27(25,26)19-11-7-8-17(14-19)20(24)22-13-12-21-15-16(22)2/h4-11,14,16,21H,3,12-13,15H2,1-2H3/t16-/m1/s1. The van der Waals surface area contributed by atoms with Crippen LogP contribution in [-0.2, 0) is 10.0 Å². The van der Waals surface area contributed by atoms with Crippen LogP contribution in [0.4, 0.5) is 5.69 Å². The number of hydrogen-bond acceptors (Lipinski definition) is 4. The van der Waals surface area contributed by atoms with Gasteiger partial charge >= 0.3 is 0 Å². The third kappa shape index (κ3) is 3.99. The van der Waals surface area contributed by atoms with E-state index in [1.54, 1.807) is 54.3 Å². The lowest BCUT2D eigenvalue weighted by Gasteiger charge is -2.34. The van der Waals surface area contributed by atoms with Gasteiger partial charge in [0.15, 0.2) is 0 Å². The summed E-state index contributed by atoms with van der Waals surface area (Å²) in [5, 5.41) is 3.25. The largest absolute Gasteiger partial charge is 0.333 e. The van der Waals surface area contributed by atoms with Crippen LogP contribution < -0.4 is 9.62 Å². The van der Waals surface area contributed by atoms with Gasteiger partial charge in [0.2, 0.25) is 0 Å². The smallest absolute Gasteiger partial charge is 0.264 e. The monoisotopic (exact) mass is 387 g/mol. The average Bonchev–Trinajstić information content (AvgIpc) is 2.69. The summed E-state index contributed by atoms with van der Waals surface area (Å²) in [6.07, 6.45) is 0. The SMILES string of the molecule is CCN(c1ccccc1)S(=O)(=O)c1cccc(C(=O)N2CCNC[C@H]2C)c1. The average molecular weight is 388 g/mol. The van der Waals surface area contributed by atoms with Crippen LogP contribution in [0.15, 0.2) is 59.5 Å². The van der Waals surface area contributed by atoms with Gasteiger partial charge in [-0.15, -0.1) is 0 Å². The minimum atomic E-state index is -3.75. The Kier molecular flexibility index (Phi) is 5.82. The Morgan fingerprint density at radius 3 is 2.59 bits per heavy atom. The molecular weight excluding hydrogens is 362 g/mol. The van der Waals surface area contributed by atoms with E-state index >= 15 is 0 Å². The van der Waals surface area contributed by atoms with Gasteiger partial charge in [-0.05, 0) is 44.2 Å². The normalized spacial score (nSPS) is 17.6. The number of sulfonamides is 1. The van der Waals surface area contributed by atoms with Crippen molar-refractivity contribution < 1.29 is 13.2 Å². The highest BCUT2D eigenvalue weighted by molar-refractivity contribution is 7.92. The number of hydrogen-bond donors (Lipinski definition) is 1. The Balaban J connectivity index is 1.93. The van der Waals surface area contributed by atoms with Crippen molar-refractivity contribution >= 4 is 21.6 Å². The Labute approximate surface area is 160 Å². The van der Waals surface area contributed by atoms with Gasteiger partial charge < -0.3 is 10.2 Å². The van der Waals surface area contributed by atoms with Gasteiger partial charge in [-0.2, -0.15) is 0 Å². The second-order valence-corrected chi connectivity index (χ2v) is 8.45. The van der Waals surface area contributed by atoms with Gasteiger partial charge in [0.1, 0.15) is 0 Å². The second-order valence-electron chi connectivity index (χ2n) is 6.58. The van der Waals surface area contributed by atoms with E-state index in [9.17, 15) is 13.2 Å². The first-order valence-corrected chi connectivity index (χ1v) is 10.6. The maximum atomic E-state index is 13.2. The van der Waals surface area contributed by atoms with E-state index in [-0.39, 0.29) is 16.8 Å². The topological polar surface area (TPSA) is 69.7 Å². The molecule has 1 aliphatic rings. The number of carbonyl (C=O) groups excluding carboxylic acids is 1. The summed E-state index contributed by atoms with van der Waals surface area (Å²) in [5.41, 5.74) is 1.00. The van der Waals surface area contributed by atoms with Crippen molar-refractivity contribution in [2.24, 2.45) is 0 Å². The molecule has 1 N–H and O–H groups in total. The summed E-state index contributed by atoms with van der Waals surface area (Å²) < 4.78 is 27.7. The van der Waals surface area contributed by atoms with Crippen LogP contribution in [0.1, 0.15) is 24.2 Å². The molecule has 144 valence electrons. The fourth-order valence-electron chi connectivity index (χ4n) is 3.31. The van der Waals surface area contributed by atoms with Gasteiger partial charge in [-0.25, -0.2) is 8.42 Å². The number of para-hydroxylation sites is 1. The lowest BCUT2D eigenvalue weighted by Crippen LogP contribution is -2.52. The van der Waals surface area contributed by atoms with Gasteiger partial charge in [-0.1, -0.05) is 24.3 Å². The van der Waals surface area contributed by atoms with Crippen LogP contribution in [0.2, 0.25) is 0 Å². The molecule has 7 heteroatoms. The van der Waals surface area contributed by atoms with Crippen LogP contribution in [0.5, 0.6) is 0 Å². The second kappa shape index (κ2) is 8.10. The van der Waals surface area contributed by atoms with Crippen LogP contribution in [0.3, 0.4) is 0 Å². The van der Waals surface area contributed by atoms with E-state index in [4.69, 9.17) is 0 Å². The molecule has 1 fully saturated rings. The number of amides is 1. The number of rotatable bonds is 5. The summed E-state index contributed by atoms with van der Waals surface area (Å²) in [5.74, 6) is -0.135. The minimum absolute atomic E-state index is 0.0722. The van der Waals surface area contributed by atoms with Crippen LogP contribution >= 0.6 is 0 Å². The number of carbonyl (C=O) groups is 1. The van der Waals surface area contributed by atoms with Gasteiger partial charge in [0.05, 0.1) is 10.6 Å². The van der Waals surface area contributed by atoms with E-state index in [1.165, 1.54) is 10.4 Å². The number of nitrogens with zero attached hydrogens (tertiary/aromatic N) is 2. The molecule has 0 radical (unpaired) electrons. The van der Waals surface area contributed by atoms with E-state index < -0.39 is 10.0 Å². The molecule has 0 spiro atoms. The molecule has 0 saturated carbocycles. The van der Waals surface area contributed by atoms with E-state index in [0.29, 0.717) is 24.3 Å². The number of piperazine rings is 1. The van der Waals surface area contributed by atoms with E-state index in [0.717, 1.165) is 13.1 Å². The molecule has 1 amide bonds. The summed E-state index contributed by atoms with van der Waals surface area (Å²) in [4.78, 5) is 14.8. The zero-order valence-electron chi connectivity index (χ0n) is 15.6. The van der Waals surface area contributed by atoms with Crippen LogP contribution in [0.25, 0.3) is 0 Å². The molecule has 2 aromatic carbocycles. The first-order valence-electron chi connectivity index (χ1n) is 9.14. The maximum Gasteiger partial charge on any atom is 0.264 e. The molecule has 0 bridgehead atoms. The molecule has 0 aliphatic carbocycles. The maximum absolute atomic E-state index is 13.2. The third-order valence-corrected chi connectivity index (χ3v) is 6.66. The van der Waals surface area contributed by atoms with Crippen LogP contribution in [0, 0.1) is 0 Å². The zero-order chi connectivity index (χ0) is 19.4. The van der Waals surface area contributed by atoms with Crippen molar-refractivity contribution in [2.45, 2.75) is 24.8 Å². The molecular formula is C20H25N3O3S. The molecule has 3 rings (SSSR count). The molecule has 1 atom stereocenters. The Morgan fingerprint density at radius 1 is 1.19 bits per heavy atom. The van der Waals surface area contributed by atoms with Gasteiger partial charge in [-0.3, -0.25) is 9.10 Å². The Bertz CT molecular complexity index is 900. The van der Waals surface area contributed by atoms with Crippen molar-refractivity contribution in [1.29, 1.82) is 0 Å². The quantitative estimate of drug-likeness (QED) is 0.855. The highest BCUT2D eigenvalue weighted by Gasteiger charge is 2.27. The molecule has 6 nitrogen and oxygen atoms in total. The summed E-state index contributed by atoms with van der Waals surface area (Å²) in [6.45, 7) is 6.18. The first-order chi connectivity index (χ1) is 12.9. The van der Waals surface area contributed by atoms with Crippen LogP contribution in [-0.4, -0.2) is 51.4 Å². The van der Waals surface area contributed by atoms with Crippen molar-refractivity contribution in [1.82, 2.24) is 10.2 Å². The molecule has 27 heavy (non-hydrogen) atoms. The highest BCUT2D eigenvalue weighted by Crippen LogP contribution is 2.24. The van der Waals surface area contributed by atoms with E-state index in [1.807, 2.05) is 13.0 Å². The lowest BCUT2D eigenvalue weighted by molar-refractivity contribution is 0.0655. The fraction of sp³-hybridized carbons (Fsp3) is 0.350. The zero-order valence-corrected chi connectivity index (χ0v) is 16.4. The molecule has 1 aliphatic heterocycles. The number of anilines is 1. The molecule has 0 aromatic heterocycles. The molecule has 2 aromatic rings. The molecule has 0 unspecified atom stereocenters. The van der Waals surface area contributed by atoms with Gasteiger partial charge in [0, 0.05) is 37.8 Å². The predicted octanol–water partition coefficient (Wildman–Crippen LogP) is 2.34. The van der Waals surface area contributed by atoms with Crippen molar-refractivity contribution in [3.63, 3.8) is 0 Å². The lowest BCUT2D eigenvalue weighted by atomic mass is 10.1.